The number of hydrogen-bond donors (Lipinski definition) is 1. The quantitative estimate of drug-likeness (QED) is 0.854. The van der Waals surface area contributed by atoms with Crippen molar-refractivity contribution in [3.8, 4) is 11.3 Å². The van der Waals surface area contributed by atoms with Crippen LogP contribution >= 0.6 is 23.4 Å². The van der Waals surface area contributed by atoms with E-state index in [-0.39, 0.29) is 5.24 Å². The van der Waals surface area contributed by atoms with Crippen molar-refractivity contribution in [3.63, 3.8) is 0 Å². The van der Waals surface area contributed by atoms with Crippen LogP contribution in [0.5, 0.6) is 0 Å². The summed E-state index contributed by atoms with van der Waals surface area (Å²) in [5.41, 5.74) is 0.849. The zero-order valence-electron chi connectivity index (χ0n) is 10.1. The Morgan fingerprint density at radius 1 is 1.20 bits per heavy atom. The molecule has 100 valence electrons. The largest absolute Gasteiger partial charge is 0.457 e. The molecule has 3 rings (SSSR count). The van der Waals surface area contributed by atoms with Gasteiger partial charge in [-0.1, -0.05) is 23.7 Å². The van der Waals surface area contributed by atoms with E-state index >= 15 is 0 Å². The molecule has 1 N–H and O–H groups in total. The highest BCUT2D eigenvalue weighted by Crippen LogP contribution is 2.29. The molecule has 0 radical (unpaired) electrons. The van der Waals surface area contributed by atoms with E-state index in [0.717, 1.165) is 17.3 Å². The molecule has 0 unspecified atom stereocenters. The maximum absolute atomic E-state index is 11.4. The first-order valence-electron chi connectivity index (χ1n) is 5.72. The SMILES string of the molecule is O=C1NC(=O)C(=Cc2ccc(-c3cccc(Cl)c3)o2)S1. The molecule has 0 aliphatic carbocycles. The van der Waals surface area contributed by atoms with Gasteiger partial charge in [-0.3, -0.25) is 14.9 Å². The second-order valence-electron chi connectivity index (χ2n) is 4.06. The number of benzene rings is 1. The first-order valence-corrected chi connectivity index (χ1v) is 6.92. The zero-order valence-corrected chi connectivity index (χ0v) is 11.6. The number of rotatable bonds is 2. The standard InChI is InChI=1S/C14H8ClNO3S/c15-9-3-1-2-8(6-9)11-5-4-10(19-11)7-12-13(17)16-14(18)20-12/h1-7H,(H,16,17,18). The van der Waals surface area contributed by atoms with Crippen LogP contribution in [-0.4, -0.2) is 11.1 Å². The minimum absolute atomic E-state index is 0.321. The Balaban J connectivity index is 1.89. The maximum atomic E-state index is 11.4. The van der Waals surface area contributed by atoms with Gasteiger partial charge >= 0.3 is 0 Å². The zero-order chi connectivity index (χ0) is 14.1. The van der Waals surface area contributed by atoms with Gasteiger partial charge in [-0.15, -0.1) is 0 Å². The molecule has 0 bridgehead atoms. The summed E-state index contributed by atoms with van der Waals surface area (Å²) in [4.78, 5) is 22.8. The van der Waals surface area contributed by atoms with Crippen LogP contribution < -0.4 is 5.32 Å². The molecule has 1 aromatic carbocycles. The first kappa shape index (κ1) is 13.0. The molecule has 0 saturated carbocycles. The molecule has 6 heteroatoms. The average Bonchev–Trinajstić information content (AvgIpc) is 2.97. The lowest BCUT2D eigenvalue weighted by atomic mass is 10.2. The Bertz CT molecular complexity index is 736. The van der Waals surface area contributed by atoms with Gasteiger partial charge in [0.15, 0.2) is 0 Å². The summed E-state index contributed by atoms with van der Waals surface area (Å²) in [5.74, 6) is 0.752. The molecule has 1 aromatic heterocycles. The normalized spacial score (nSPS) is 16.8. The lowest BCUT2D eigenvalue weighted by Crippen LogP contribution is -2.17. The summed E-state index contributed by atoms with van der Waals surface area (Å²) in [5, 5.41) is 2.44. The smallest absolute Gasteiger partial charge is 0.290 e. The van der Waals surface area contributed by atoms with Crippen LogP contribution in [0.4, 0.5) is 4.79 Å². The monoisotopic (exact) mass is 305 g/mol. The summed E-state index contributed by atoms with van der Waals surface area (Å²) in [6.45, 7) is 0. The Labute approximate surface area is 123 Å². The second-order valence-corrected chi connectivity index (χ2v) is 5.52. The molecule has 0 atom stereocenters. The second kappa shape index (κ2) is 5.19. The number of halogens is 1. The highest BCUT2D eigenvalue weighted by Gasteiger charge is 2.25. The van der Waals surface area contributed by atoms with Gasteiger partial charge < -0.3 is 4.42 Å². The molecule has 1 fully saturated rings. The van der Waals surface area contributed by atoms with Crippen LogP contribution in [0.3, 0.4) is 0 Å². The number of thioether (sulfide) groups is 1. The minimum Gasteiger partial charge on any atom is -0.457 e. The third-order valence-corrected chi connectivity index (χ3v) is 3.70. The molecular formula is C14H8ClNO3S. The minimum atomic E-state index is -0.402. The van der Waals surface area contributed by atoms with Gasteiger partial charge in [0.05, 0.1) is 4.91 Å². The Hall–Kier alpha value is -1.98. The number of nitrogens with one attached hydrogen (secondary N) is 1. The number of carbonyl (C=O) groups is 2. The van der Waals surface area contributed by atoms with Crippen LogP contribution in [0.15, 0.2) is 45.7 Å². The number of hydrogen-bond acceptors (Lipinski definition) is 4. The van der Waals surface area contributed by atoms with Gasteiger partial charge in [-0.05, 0) is 36.0 Å². The third kappa shape index (κ3) is 2.64. The van der Waals surface area contributed by atoms with Gasteiger partial charge in [0.25, 0.3) is 11.1 Å². The van der Waals surface area contributed by atoms with Crippen LogP contribution in [0.1, 0.15) is 5.76 Å². The van der Waals surface area contributed by atoms with Crippen molar-refractivity contribution in [2.45, 2.75) is 0 Å². The fraction of sp³-hybridized carbons (Fsp3) is 0. The van der Waals surface area contributed by atoms with E-state index in [1.807, 2.05) is 12.1 Å². The number of carbonyl (C=O) groups excluding carboxylic acids is 2. The first-order chi connectivity index (χ1) is 9.61. The molecule has 20 heavy (non-hydrogen) atoms. The predicted octanol–water partition coefficient (Wildman–Crippen LogP) is 3.92. The molecule has 2 heterocycles. The third-order valence-electron chi connectivity index (χ3n) is 2.65. The van der Waals surface area contributed by atoms with Crippen molar-refractivity contribution in [2.75, 3.05) is 0 Å². The Kier molecular flexibility index (Phi) is 3.38. The molecule has 4 nitrogen and oxygen atoms in total. The molecule has 2 amide bonds. The van der Waals surface area contributed by atoms with Crippen LogP contribution in [0.2, 0.25) is 5.02 Å². The fourth-order valence-corrected chi connectivity index (χ4v) is 2.63. The average molecular weight is 306 g/mol. The summed E-state index contributed by atoms with van der Waals surface area (Å²) >= 11 is 6.78. The summed E-state index contributed by atoms with van der Waals surface area (Å²) in [6.07, 6.45) is 1.54. The van der Waals surface area contributed by atoms with Crippen molar-refractivity contribution < 1.29 is 14.0 Å². The molecule has 1 saturated heterocycles. The van der Waals surface area contributed by atoms with Crippen molar-refractivity contribution in [1.82, 2.24) is 5.32 Å². The van der Waals surface area contributed by atoms with Gasteiger partial charge in [0, 0.05) is 16.7 Å². The summed E-state index contributed by atoms with van der Waals surface area (Å²) in [6, 6.07) is 10.8. The van der Waals surface area contributed by atoms with Crippen molar-refractivity contribution in [2.24, 2.45) is 0 Å². The molecule has 1 aliphatic heterocycles. The van der Waals surface area contributed by atoms with Gasteiger partial charge in [-0.2, -0.15) is 0 Å². The molecule has 1 aliphatic rings. The van der Waals surface area contributed by atoms with E-state index in [0.29, 0.717) is 21.4 Å². The Morgan fingerprint density at radius 3 is 2.75 bits per heavy atom. The van der Waals surface area contributed by atoms with Crippen molar-refractivity contribution in [1.29, 1.82) is 0 Å². The highest BCUT2D eigenvalue weighted by atomic mass is 35.5. The fourth-order valence-electron chi connectivity index (χ4n) is 1.78. The van der Waals surface area contributed by atoms with Crippen LogP contribution in [0, 0.1) is 0 Å². The predicted molar refractivity (Wildman–Crippen MR) is 78.3 cm³/mol. The molecular weight excluding hydrogens is 298 g/mol. The highest BCUT2D eigenvalue weighted by molar-refractivity contribution is 8.18. The van der Waals surface area contributed by atoms with Crippen LogP contribution in [0.25, 0.3) is 17.4 Å². The number of imide groups is 1. The maximum Gasteiger partial charge on any atom is 0.290 e. The van der Waals surface area contributed by atoms with Crippen molar-refractivity contribution in [3.05, 3.63) is 52.1 Å². The van der Waals surface area contributed by atoms with E-state index in [9.17, 15) is 9.59 Å². The topological polar surface area (TPSA) is 59.3 Å². The Morgan fingerprint density at radius 2 is 2.05 bits per heavy atom. The molecule has 2 aromatic rings. The van der Waals surface area contributed by atoms with Crippen LogP contribution in [-0.2, 0) is 4.79 Å². The van der Waals surface area contributed by atoms with E-state index in [1.54, 1.807) is 30.3 Å². The lowest BCUT2D eigenvalue weighted by molar-refractivity contribution is -0.115. The number of furan rings is 1. The van der Waals surface area contributed by atoms with E-state index < -0.39 is 5.91 Å². The van der Waals surface area contributed by atoms with Crippen molar-refractivity contribution >= 4 is 40.6 Å². The van der Waals surface area contributed by atoms with Gasteiger partial charge in [0.2, 0.25) is 0 Å². The number of amides is 2. The summed E-state index contributed by atoms with van der Waals surface area (Å²) in [7, 11) is 0. The van der Waals surface area contributed by atoms with E-state index in [4.69, 9.17) is 16.0 Å². The molecule has 0 spiro atoms. The van der Waals surface area contributed by atoms with Gasteiger partial charge in [0.1, 0.15) is 11.5 Å². The van der Waals surface area contributed by atoms with E-state index in [1.165, 1.54) is 0 Å². The van der Waals surface area contributed by atoms with E-state index in [2.05, 4.69) is 5.32 Å². The van der Waals surface area contributed by atoms with Gasteiger partial charge in [-0.25, -0.2) is 0 Å². The lowest BCUT2D eigenvalue weighted by Gasteiger charge is -1.97. The summed E-state index contributed by atoms with van der Waals surface area (Å²) < 4.78 is 5.63.